The first-order chi connectivity index (χ1) is 8.95. The molecule has 1 aromatic carbocycles. The third-order valence-corrected chi connectivity index (χ3v) is 4.69. The van der Waals surface area contributed by atoms with Crippen molar-refractivity contribution in [1.82, 2.24) is 4.90 Å². The molecule has 106 valence electrons. The second-order valence-electron chi connectivity index (χ2n) is 5.45. The fraction of sp³-hybridized carbons (Fsp3) is 0.571. The Hall–Kier alpha value is -1.07. The average molecular weight is 282 g/mol. The van der Waals surface area contributed by atoms with Gasteiger partial charge in [-0.1, -0.05) is 6.07 Å². The second-order valence-corrected chi connectivity index (χ2v) is 7.47. The van der Waals surface area contributed by atoms with E-state index in [2.05, 4.69) is 17.3 Å². The highest BCUT2D eigenvalue weighted by atomic mass is 32.2. The number of benzene rings is 1. The Morgan fingerprint density at radius 2 is 2.21 bits per heavy atom. The first-order valence-electron chi connectivity index (χ1n) is 6.68. The minimum atomic E-state index is -3.13. The van der Waals surface area contributed by atoms with E-state index in [1.165, 1.54) is 25.6 Å². The fourth-order valence-electron chi connectivity index (χ4n) is 2.54. The van der Waals surface area contributed by atoms with Gasteiger partial charge < -0.3 is 10.2 Å². The van der Waals surface area contributed by atoms with Crippen molar-refractivity contribution in [3.63, 3.8) is 0 Å². The van der Waals surface area contributed by atoms with E-state index in [0.29, 0.717) is 10.8 Å². The van der Waals surface area contributed by atoms with Crippen LogP contribution in [-0.2, 0) is 9.84 Å². The number of rotatable bonds is 4. The molecule has 0 aromatic heterocycles. The first kappa shape index (κ1) is 14.3. The fourth-order valence-corrected chi connectivity index (χ4v) is 3.21. The monoisotopic (exact) mass is 282 g/mol. The Bertz CT molecular complexity index is 528. The highest BCUT2D eigenvalue weighted by molar-refractivity contribution is 7.90. The molecule has 0 amide bonds. The first-order valence-corrected chi connectivity index (χ1v) is 8.57. The van der Waals surface area contributed by atoms with Crippen LogP contribution in [0.15, 0.2) is 29.2 Å². The number of nitrogens with zero attached hydrogens (tertiary/aromatic N) is 1. The quantitative estimate of drug-likeness (QED) is 0.915. The van der Waals surface area contributed by atoms with Gasteiger partial charge in [0.25, 0.3) is 0 Å². The van der Waals surface area contributed by atoms with Crippen LogP contribution in [0.2, 0.25) is 0 Å². The summed E-state index contributed by atoms with van der Waals surface area (Å²) in [5.41, 5.74) is 0.885. The van der Waals surface area contributed by atoms with Gasteiger partial charge in [0.2, 0.25) is 0 Å². The van der Waals surface area contributed by atoms with Crippen LogP contribution in [0.4, 0.5) is 5.69 Å². The topological polar surface area (TPSA) is 49.4 Å². The van der Waals surface area contributed by atoms with E-state index in [1.807, 2.05) is 6.07 Å². The van der Waals surface area contributed by atoms with E-state index >= 15 is 0 Å². The van der Waals surface area contributed by atoms with Crippen LogP contribution in [0.25, 0.3) is 0 Å². The van der Waals surface area contributed by atoms with E-state index in [4.69, 9.17) is 0 Å². The standard InChI is InChI=1S/C14H22N2O2S/c1-16-8-4-5-12(11-16)10-15-13-6-3-7-14(9-13)19(2,17)18/h3,6-7,9,12,15H,4-5,8,10-11H2,1-2H3. The molecule has 1 aliphatic heterocycles. The molecule has 19 heavy (non-hydrogen) atoms. The summed E-state index contributed by atoms with van der Waals surface area (Å²) in [6.45, 7) is 3.19. The van der Waals surface area contributed by atoms with Crippen molar-refractivity contribution in [2.75, 3.05) is 38.3 Å². The van der Waals surface area contributed by atoms with Gasteiger partial charge in [-0.15, -0.1) is 0 Å². The molecule has 0 bridgehead atoms. The molecule has 0 saturated carbocycles. The predicted molar refractivity (Wildman–Crippen MR) is 78.3 cm³/mol. The molecule has 1 aromatic rings. The third kappa shape index (κ3) is 4.21. The van der Waals surface area contributed by atoms with Crippen LogP contribution in [0.1, 0.15) is 12.8 Å². The minimum Gasteiger partial charge on any atom is -0.385 e. The van der Waals surface area contributed by atoms with Crippen LogP contribution >= 0.6 is 0 Å². The van der Waals surface area contributed by atoms with Gasteiger partial charge in [0.15, 0.2) is 9.84 Å². The summed E-state index contributed by atoms with van der Waals surface area (Å²) >= 11 is 0. The summed E-state index contributed by atoms with van der Waals surface area (Å²) < 4.78 is 23.0. The normalized spacial score (nSPS) is 21.3. The van der Waals surface area contributed by atoms with Crippen molar-refractivity contribution in [2.45, 2.75) is 17.7 Å². The highest BCUT2D eigenvalue weighted by Gasteiger charge is 2.16. The summed E-state index contributed by atoms with van der Waals surface area (Å²) in [5, 5.41) is 3.36. The van der Waals surface area contributed by atoms with Crippen molar-refractivity contribution in [2.24, 2.45) is 5.92 Å². The molecule has 1 unspecified atom stereocenters. The van der Waals surface area contributed by atoms with Crippen LogP contribution in [0.5, 0.6) is 0 Å². The number of nitrogens with one attached hydrogen (secondary N) is 1. The summed E-state index contributed by atoms with van der Waals surface area (Å²) in [6, 6.07) is 7.05. The van der Waals surface area contributed by atoms with Crippen molar-refractivity contribution >= 4 is 15.5 Å². The minimum absolute atomic E-state index is 0.373. The van der Waals surface area contributed by atoms with Crippen molar-refractivity contribution in [3.8, 4) is 0 Å². The smallest absolute Gasteiger partial charge is 0.175 e. The molecule has 1 saturated heterocycles. The average Bonchev–Trinajstić information content (AvgIpc) is 2.36. The van der Waals surface area contributed by atoms with E-state index in [-0.39, 0.29) is 0 Å². The van der Waals surface area contributed by atoms with E-state index in [1.54, 1.807) is 18.2 Å². The zero-order valence-corrected chi connectivity index (χ0v) is 12.4. The molecule has 4 nitrogen and oxygen atoms in total. The number of sulfone groups is 1. The summed E-state index contributed by atoms with van der Waals surface area (Å²) in [7, 11) is -0.976. The zero-order valence-electron chi connectivity index (χ0n) is 11.6. The lowest BCUT2D eigenvalue weighted by Gasteiger charge is -2.30. The van der Waals surface area contributed by atoms with Crippen LogP contribution in [0.3, 0.4) is 0 Å². The van der Waals surface area contributed by atoms with Gasteiger partial charge in [-0.2, -0.15) is 0 Å². The molecular formula is C14H22N2O2S. The molecule has 1 heterocycles. The van der Waals surface area contributed by atoms with Crippen LogP contribution in [-0.4, -0.2) is 46.3 Å². The molecule has 0 spiro atoms. The highest BCUT2D eigenvalue weighted by Crippen LogP contribution is 2.18. The lowest BCUT2D eigenvalue weighted by molar-refractivity contribution is 0.217. The van der Waals surface area contributed by atoms with Crippen LogP contribution in [0, 0.1) is 5.92 Å². The number of likely N-dealkylation sites (tertiary alicyclic amines) is 1. The maximum Gasteiger partial charge on any atom is 0.175 e. The SMILES string of the molecule is CN1CCCC(CNc2cccc(S(C)(=O)=O)c2)C1. The van der Waals surface area contributed by atoms with Gasteiger partial charge in [-0.05, 0) is 50.6 Å². The maximum absolute atomic E-state index is 11.5. The predicted octanol–water partition coefficient (Wildman–Crippen LogP) is 1.84. The number of hydrogen-bond acceptors (Lipinski definition) is 4. The molecule has 5 heteroatoms. The summed E-state index contributed by atoms with van der Waals surface area (Å²) in [4.78, 5) is 2.72. The van der Waals surface area contributed by atoms with E-state index in [0.717, 1.165) is 18.8 Å². The van der Waals surface area contributed by atoms with E-state index in [9.17, 15) is 8.42 Å². The molecule has 1 atom stereocenters. The molecule has 1 aliphatic rings. The lowest BCUT2D eigenvalue weighted by atomic mass is 9.98. The lowest BCUT2D eigenvalue weighted by Crippen LogP contribution is -2.35. The largest absolute Gasteiger partial charge is 0.385 e. The Balaban J connectivity index is 1.96. The van der Waals surface area contributed by atoms with E-state index < -0.39 is 9.84 Å². The molecule has 0 aliphatic carbocycles. The molecule has 1 N–H and O–H groups in total. The molecule has 2 rings (SSSR count). The number of anilines is 1. The van der Waals surface area contributed by atoms with Crippen molar-refractivity contribution in [3.05, 3.63) is 24.3 Å². The zero-order chi connectivity index (χ0) is 13.9. The second kappa shape index (κ2) is 5.92. The number of piperidine rings is 1. The van der Waals surface area contributed by atoms with Gasteiger partial charge in [-0.3, -0.25) is 0 Å². The Labute approximate surface area is 115 Å². The third-order valence-electron chi connectivity index (χ3n) is 3.58. The Kier molecular flexibility index (Phi) is 4.47. The summed E-state index contributed by atoms with van der Waals surface area (Å²) in [5.74, 6) is 0.639. The molecular weight excluding hydrogens is 260 g/mol. The molecule has 0 radical (unpaired) electrons. The van der Waals surface area contributed by atoms with Gasteiger partial charge in [0.1, 0.15) is 0 Å². The van der Waals surface area contributed by atoms with Gasteiger partial charge in [0, 0.05) is 25.0 Å². The van der Waals surface area contributed by atoms with Gasteiger partial charge in [-0.25, -0.2) is 8.42 Å². The Morgan fingerprint density at radius 3 is 2.89 bits per heavy atom. The number of hydrogen-bond donors (Lipinski definition) is 1. The van der Waals surface area contributed by atoms with Crippen LogP contribution < -0.4 is 5.32 Å². The van der Waals surface area contributed by atoms with Crippen molar-refractivity contribution in [1.29, 1.82) is 0 Å². The summed E-state index contributed by atoms with van der Waals surface area (Å²) in [6.07, 6.45) is 3.72. The van der Waals surface area contributed by atoms with Gasteiger partial charge in [0.05, 0.1) is 4.90 Å². The maximum atomic E-state index is 11.5. The van der Waals surface area contributed by atoms with Gasteiger partial charge >= 0.3 is 0 Å². The molecule has 1 fully saturated rings. The Morgan fingerprint density at radius 1 is 1.42 bits per heavy atom. The van der Waals surface area contributed by atoms with Crippen molar-refractivity contribution < 1.29 is 8.42 Å².